The van der Waals surface area contributed by atoms with Crippen molar-refractivity contribution in [2.24, 2.45) is 0 Å². The molecule has 3 aromatic rings. The Kier molecular flexibility index (Phi) is 9.04. The summed E-state index contributed by atoms with van der Waals surface area (Å²) in [5, 5.41) is 20.2. The molecule has 0 heterocycles. The van der Waals surface area contributed by atoms with Crippen molar-refractivity contribution in [3.8, 4) is 5.75 Å². The van der Waals surface area contributed by atoms with Crippen LogP contribution in [0.15, 0.2) is 71.6 Å². The van der Waals surface area contributed by atoms with E-state index in [1.807, 2.05) is 55.5 Å². The van der Waals surface area contributed by atoms with E-state index in [0.717, 1.165) is 21.8 Å². The molecule has 3 aromatic carbocycles. The Morgan fingerprint density at radius 3 is 2.54 bits per heavy atom. The van der Waals surface area contributed by atoms with E-state index in [9.17, 15) is 14.9 Å². The highest BCUT2D eigenvalue weighted by atomic mass is 32.2. The first-order valence-electron chi connectivity index (χ1n) is 10.8. The summed E-state index contributed by atoms with van der Waals surface area (Å²) in [5.74, 6) is 0.463. The monoisotopic (exact) mass is 510 g/mol. The molecular weight excluding hydrogens is 484 g/mol. The second-order valence-corrected chi connectivity index (χ2v) is 9.25. The van der Waals surface area contributed by atoms with Crippen LogP contribution in [0.3, 0.4) is 0 Å². The molecule has 0 saturated carbocycles. The molecule has 0 aliphatic rings. The zero-order valence-electron chi connectivity index (χ0n) is 19.5. The fourth-order valence-electron chi connectivity index (χ4n) is 3.24. The van der Waals surface area contributed by atoms with Crippen LogP contribution in [-0.4, -0.2) is 28.3 Å². The molecule has 0 aliphatic heterocycles. The lowest BCUT2D eigenvalue weighted by Gasteiger charge is -2.17. The van der Waals surface area contributed by atoms with Gasteiger partial charge in [-0.25, -0.2) is 0 Å². The van der Waals surface area contributed by atoms with Crippen LogP contribution in [0.4, 0.5) is 22.7 Å². The second kappa shape index (κ2) is 12.2. The number of methoxy groups -OCH3 is 1. The normalized spacial score (nSPS) is 11.3. The van der Waals surface area contributed by atoms with Crippen LogP contribution in [0.25, 0.3) is 0 Å². The number of para-hydroxylation sites is 2. The van der Waals surface area contributed by atoms with Crippen molar-refractivity contribution >= 4 is 57.7 Å². The van der Waals surface area contributed by atoms with Crippen molar-refractivity contribution in [3.05, 3.63) is 82.4 Å². The first kappa shape index (κ1) is 26.0. The largest absolute Gasteiger partial charge is 0.495 e. The van der Waals surface area contributed by atoms with E-state index in [1.54, 1.807) is 20.1 Å². The summed E-state index contributed by atoms with van der Waals surface area (Å²) in [7, 11) is 1.60. The number of carbonyl (C=O) groups is 1. The Hall–Kier alpha value is -3.63. The van der Waals surface area contributed by atoms with E-state index in [0.29, 0.717) is 23.0 Å². The Balaban J connectivity index is 1.66. The molecule has 0 aliphatic carbocycles. The van der Waals surface area contributed by atoms with E-state index in [1.165, 1.54) is 23.9 Å². The molecule has 8 nitrogen and oxygen atoms in total. The summed E-state index contributed by atoms with van der Waals surface area (Å²) in [6.45, 7) is 3.72. The average molecular weight is 511 g/mol. The molecule has 0 radical (unpaired) electrons. The highest BCUT2D eigenvalue weighted by molar-refractivity contribution is 8.00. The third-order valence-electron chi connectivity index (χ3n) is 5.08. The standard InChI is InChI=1S/C25H26N4O4S2/c1-4-23(24(30)27-21-15-18(29(31)32)13-12-16(21)2)35-19-9-7-8-17(14-19)26-25(34)28-20-10-5-6-11-22(20)33-3/h5-15,23H,4H2,1-3H3,(H,27,30)(H2,26,28,34). The summed E-state index contributed by atoms with van der Waals surface area (Å²) in [5.41, 5.74) is 2.64. The number of hydrogen-bond acceptors (Lipinski definition) is 6. The van der Waals surface area contributed by atoms with Crippen LogP contribution < -0.4 is 20.7 Å². The minimum atomic E-state index is -0.479. The molecule has 10 heteroatoms. The van der Waals surface area contributed by atoms with Crippen LogP contribution >= 0.6 is 24.0 Å². The Morgan fingerprint density at radius 1 is 1.06 bits per heavy atom. The van der Waals surface area contributed by atoms with Gasteiger partial charge in [0.05, 0.1) is 28.7 Å². The molecule has 1 amide bonds. The number of amides is 1. The minimum Gasteiger partial charge on any atom is -0.495 e. The number of nitrogens with zero attached hydrogens (tertiary/aromatic N) is 1. The predicted molar refractivity (Wildman–Crippen MR) is 146 cm³/mol. The number of nitro benzene ring substituents is 1. The molecule has 1 unspecified atom stereocenters. The van der Waals surface area contributed by atoms with Crippen LogP contribution in [-0.2, 0) is 4.79 Å². The topological polar surface area (TPSA) is 106 Å². The summed E-state index contributed by atoms with van der Waals surface area (Å²) in [6.07, 6.45) is 0.579. The van der Waals surface area contributed by atoms with Crippen molar-refractivity contribution in [3.63, 3.8) is 0 Å². The minimum absolute atomic E-state index is 0.0666. The molecule has 1 atom stereocenters. The van der Waals surface area contributed by atoms with E-state index in [4.69, 9.17) is 17.0 Å². The lowest BCUT2D eigenvalue weighted by atomic mass is 10.1. The quantitative estimate of drug-likeness (QED) is 0.135. The maximum Gasteiger partial charge on any atom is 0.271 e. The Labute approximate surface area is 213 Å². The SMILES string of the molecule is CCC(Sc1cccc(NC(=S)Nc2ccccc2OC)c1)C(=O)Nc1cc([N+](=O)[O-])ccc1C. The van der Waals surface area contributed by atoms with Gasteiger partial charge in [0, 0.05) is 22.7 Å². The molecule has 182 valence electrons. The lowest BCUT2D eigenvalue weighted by Crippen LogP contribution is -2.25. The first-order valence-corrected chi connectivity index (χ1v) is 12.1. The number of benzene rings is 3. The van der Waals surface area contributed by atoms with Crippen molar-refractivity contribution in [1.82, 2.24) is 0 Å². The maximum absolute atomic E-state index is 12.9. The summed E-state index contributed by atoms with van der Waals surface area (Å²) < 4.78 is 5.34. The fourth-order valence-corrected chi connectivity index (χ4v) is 4.48. The highest BCUT2D eigenvalue weighted by Gasteiger charge is 2.20. The van der Waals surface area contributed by atoms with Gasteiger partial charge in [-0.1, -0.05) is 31.2 Å². The number of ether oxygens (including phenoxy) is 1. The number of nitrogens with one attached hydrogen (secondary N) is 3. The summed E-state index contributed by atoms with van der Waals surface area (Å²) in [6, 6.07) is 19.5. The lowest BCUT2D eigenvalue weighted by molar-refractivity contribution is -0.384. The number of thiocarbonyl (C=S) groups is 1. The van der Waals surface area contributed by atoms with Crippen LogP contribution in [0.1, 0.15) is 18.9 Å². The van der Waals surface area contributed by atoms with Crippen molar-refractivity contribution in [2.45, 2.75) is 30.4 Å². The van der Waals surface area contributed by atoms with Gasteiger partial charge in [0.15, 0.2) is 5.11 Å². The highest BCUT2D eigenvalue weighted by Crippen LogP contribution is 2.30. The van der Waals surface area contributed by atoms with E-state index in [2.05, 4.69) is 16.0 Å². The van der Waals surface area contributed by atoms with Gasteiger partial charge in [-0.15, -0.1) is 11.8 Å². The third-order valence-corrected chi connectivity index (χ3v) is 6.64. The van der Waals surface area contributed by atoms with Gasteiger partial charge in [0.1, 0.15) is 5.75 Å². The van der Waals surface area contributed by atoms with Gasteiger partial charge in [0.2, 0.25) is 5.91 Å². The smallest absolute Gasteiger partial charge is 0.271 e. The number of aryl methyl sites for hydroxylation is 1. The van der Waals surface area contributed by atoms with Gasteiger partial charge in [0.25, 0.3) is 5.69 Å². The predicted octanol–water partition coefficient (Wildman–Crippen LogP) is 6.23. The zero-order valence-corrected chi connectivity index (χ0v) is 21.2. The van der Waals surface area contributed by atoms with Gasteiger partial charge in [-0.2, -0.15) is 0 Å². The molecular formula is C25H26N4O4S2. The number of rotatable bonds is 9. The number of anilines is 3. The molecule has 0 bridgehead atoms. The number of hydrogen-bond donors (Lipinski definition) is 3. The number of carbonyl (C=O) groups excluding carboxylic acids is 1. The van der Waals surface area contributed by atoms with E-state index >= 15 is 0 Å². The summed E-state index contributed by atoms with van der Waals surface area (Å²) in [4.78, 5) is 24.4. The maximum atomic E-state index is 12.9. The van der Waals surface area contributed by atoms with Crippen LogP contribution in [0.5, 0.6) is 5.75 Å². The van der Waals surface area contributed by atoms with Gasteiger partial charge >= 0.3 is 0 Å². The molecule has 0 spiro atoms. The van der Waals surface area contributed by atoms with Crippen molar-refractivity contribution in [1.29, 1.82) is 0 Å². The van der Waals surface area contributed by atoms with Crippen molar-refractivity contribution in [2.75, 3.05) is 23.1 Å². The molecule has 0 aromatic heterocycles. The van der Waals surface area contributed by atoms with E-state index in [-0.39, 0.29) is 16.8 Å². The number of nitro groups is 1. The molecule has 35 heavy (non-hydrogen) atoms. The van der Waals surface area contributed by atoms with Crippen LogP contribution in [0, 0.1) is 17.0 Å². The third kappa shape index (κ3) is 7.17. The van der Waals surface area contributed by atoms with Crippen LogP contribution in [0.2, 0.25) is 0 Å². The Morgan fingerprint density at radius 2 is 1.83 bits per heavy atom. The van der Waals surface area contributed by atoms with Gasteiger partial charge in [-0.3, -0.25) is 14.9 Å². The molecule has 0 fully saturated rings. The van der Waals surface area contributed by atoms with E-state index < -0.39 is 4.92 Å². The second-order valence-electron chi connectivity index (χ2n) is 7.57. The van der Waals surface area contributed by atoms with Gasteiger partial charge in [-0.05, 0) is 61.5 Å². The molecule has 0 saturated heterocycles. The number of non-ortho nitro benzene ring substituents is 1. The average Bonchev–Trinajstić information content (AvgIpc) is 2.84. The fraction of sp³-hybridized carbons (Fsp3) is 0.200. The molecule has 3 N–H and O–H groups in total. The van der Waals surface area contributed by atoms with Gasteiger partial charge < -0.3 is 20.7 Å². The zero-order chi connectivity index (χ0) is 25.4. The Bertz CT molecular complexity index is 1240. The molecule has 3 rings (SSSR count). The van der Waals surface area contributed by atoms with Crippen molar-refractivity contribution < 1.29 is 14.5 Å². The summed E-state index contributed by atoms with van der Waals surface area (Å²) >= 11 is 6.85. The first-order chi connectivity index (χ1) is 16.8. The number of thioether (sulfide) groups is 1.